The minimum Gasteiger partial charge on any atom is -0.494 e. The van der Waals surface area contributed by atoms with Crippen LogP contribution in [0.5, 0.6) is 11.5 Å². The first-order chi connectivity index (χ1) is 16.7. The predicted octanol–water partition coefficient (Wildman–Crippen LogP) is 6.29. The topological polar surface area (TPSA) is 86.5 Å². The molecule has 0 saturated carbocycles. The van der Waals surface area contributed by atoms with Crippen molar-refractivity contribution in [3.05, 3.63) is 72.3 Å². The van der Waals surface area contributed by atoms with Gasteiger partial charge in [0.2, 0.25) is 0 Å². The third-order valence-corrected chi connectivity index (χ3v) is 5.70. The van der Waals surface area contributed by atoms with E-state index < -0.39 is 5.97 Å². The van der Waals surface area contributed by atoms with E-state index in [1.807, 2.05) is 36.4 Å². The first-order valence-electron chi connectivity index (χ1n) is 11.7. The van der Waals surface area contributed by atoms with E-state index in [9.17, 15) is 10.0 Å². The molecule has 1 heterocycles. The van der Waals surface area contributed by atoms with Gasteiger partial charge in [0, 0.05) is 0 Å². The first kappa shape index (κ1) is 23.3. The van der Waals surface area contributed by atoms with Crippen LogP contribution in [0.15, 0.2) is 66.7 Å². The molecule has 0 radical (unpaired) electrons. The zero-order valence-corrected chi connectivity index (χ0v) is 19.3. The van der Waals surface area contributed by atoms with Crippen molar-refractivity contribution < 1.29 is 19.5 Å². The maximum Gasteiger partial charge on any atom is 0.343 e. The molecule has 3 aromatic carbocycles. The van der Waals surface area contributed by atoms with Gasteiger partial charge < -0.3 is 14.7 Å². The van der Waals surface area contributed by atoms with Crippen molar-refractivity contribution in [1.82, 2.24) is 15.2 Å². The van der Waals surface area contributed by atoms with Gasteiger partial charge in [0.05, 0.1) is 12.2 Å². The lowest BCUT2D eigenvalue weighted by molar-refractivity contribution is 0.0736. The molecule has 0 bridgehead atoms. The Morgan fingerprint density at radius 1 is 0.882 bits per heavy atom. The molecule has 4 rings (SSSR count). The summed E-state index contributed by atoms with van der Waals surface area (Å²) in [7, 11) is 0. The van der Waals surface area contributed by atoms with Gasteiger partial charge >= 0.3 is 5.97 Å². The zero-order valence-electron chi connectivity index (χ0n) is 19.3. The molecule has 0 aliphatic carbocycles. The normalized spacial score (nSPS) is 11.0. The van der Waals surface area contributed by atoms with E-state index in [2.05, 4.69) is 17.2 Å². The van der Waals surface area contributed by atoms with Crippen LogP contribution in [-0.2, 0) is 0 Å². The van der Waals surface area contributed by atoms with Crippen molar-refractivity contribution in [1.29, 1.82) is 0 Å². The highest BCUT2D eigenvalue weighted by atomic mass is 16.5. The third kappa shape index (κ3) is 5.73. The van der Waals surface area contributed by atoms with E-state index in [4.69, 9.17) is 9.47 Å². The van der Waals surface area contributed by atoms with Crippen LogP contribution in [0.2, 0.25) is 0 Å². The summed E-state index contributed by atoms with van der Waals surface area (Å²) < 4.78 is 11.3. The van der Waals surface area contributed by atoms with E-state index in [-0.39, 0.29) is 5.75 Å². The van der Waals surface area contributed by atoms with Gasteiger partial charge in [-0.3, -0.25) is 0 Å². The van der Waals surface area contributed by atoms with Gasteiger partial charge in [0.25, 0.3) is 0 Å². The number of nitrogens with zero attached hydrogens (tertiary/aromatic N) is 3. The number of aromatic nitrogens is 3. The van der Waals surface area contributed by atoms with Crippen LogP contribution < -0.4 is 9.47 Å². The molecule has 0 fully saturated rings. The van der Waals surface area contributed by atoms with Crippen LogP contribution in [-0.4, -0.2) is 32.9 Å². The van der Waals surface area contributed by atoms with Gasteiger partial charge in [-0.2, -0.15) is 0 Å². The molecule has 0 saturated heterocycles. The molecule has 0 amide bonds. The van der Waals surface area contributed by atoms with Gasteiger partial charge in [0.1, 0.15) is 11.3 Å². The third-order valence-electron chi connectivity index (χ3n) is 5.70. The van der Waals surface area contributed by atoms with Crippen molar-refractivity contribution in [2.75, 3.05) is 6.61 Å². The lowest BCUT2D eigenvalue weighted by Gasteiger charge is -2.08. The largest absolute Gasteiger partial charge is 0.494 e. The number of hydrogen-bond acceptors (Lipinski definition) is 6. The Balaban J connectivity index is 1.32. The molecule has 0 unspecified atom stereocenters. The molecule has 0 atom stereocenters. The van der Waals surface area contributed by atoms with Crippen molar-refractivity contribution in [3.63, 3.8) is 0 Å². The molecule has 1 N–H and O–H groups in total. The van der Waals surface area contributed by atoms with Gasteiger partial charge in [-0.05, 0) is 59.2 Å². The monoisotopic (exact) mass is 459 g/mol. The van der Waals surface area contributed by atoms with Crippen LogP contribution in [0.4, 0.5) is 0 Å². The summed E-state index contributed by atoms with van der Waals surface area (Å²) in [4.78, 5) is 13.2. The molecule has 1 aromatic heterocycles. The molecule has 176 valence electrons. The summed E-state index contributed by atoms with van der Waals surface area (Å²) in [5, 5.41) is 17.0. The highest BCUT2D eigenvalue weighted by Crippen LogP contribution is 2.25. The van der Waals surface area contributed by atoms with Crippen LogP contribution in [0.1, 0.15) is 55.8 Å². The fraction of sp³-hybridized carbons (Fsp3) is 0.296. The number of carbonyl (C=O) groups excluding carboxylic acids is 1. The molecule has 4 aromatic rings. The first-order valence-corrected chi connectivity index (χ1v) is 11.7. The van der Waals surface area contributed by atoms with Gasteiger partial charge in [0.15, 0.2) is 11.3 Å². The highest BCUT2D eigenvalue weighted by Gasteiger charge is 2.14. The second-order valence-electron chi connectivity index (χ2n) is 8.21. The number of benzene rings is 3. The lowest BCUT2D eigenvalue weighted by atomic mass is 10.0. The Morgan fingerprint density at radius 3 is 2.29 bits per heavy atom. The zero-order chi connectivity index (χ0) is 23.8. The van der Waals surface area contributed by atoms with E-state index in [1.54, 1.807) is 30.3 Å². The molecule has 7 nitrogen and oxygen atoms in total. The van der Waals surface area contributed by atoms with Crippen molar-refractivity contribution in [2.45, 2.75) is 45.4 Å². The Morgan fingerprint density at radius 2 is 1.56 bits per heavy atom. The van der Waals surface area contributed by atoms with Gasteiger partial charge in [-0.15, -0.1) is 5.10 Å². The second kappa shape index (κ2) is 11.3. The fourth-order valence-corrected chi connectivity index (χ4v) is 3.76. The van der Waals surface area contributed by atoms with Crippen LogP contribution in [0.3, 0.4) is 0 Å². The summed E-state index contributed by atoms with van der Waals surface area (Å²) in [6.45, 7) is 2.97. The number of unbranched alkanes of at least 4 members (excludes halogenated alkanes) is 5. The number of fused-ring (bicyclic) bond motifs is 1. The highest BCUT2D eigenvalue weighted by molar-refractivity contribution is 5.94. The number of ether oxygens (including phenoxy) is 2. The number of esters is 1. The van der Waals surface area contributed by atoms with E-state index in [0.29, 0.717) is 21.4 Å². The van der Waals surface area contributed by atoms with E-state index in [0.717, 1.165) is 29.9 Å². The molecule has 0 spiro atoms. The SMILES string of the molecule is CCCCCCCCOc1ccc(-c2ccc(C(=O)Oc3cccc4c3nnn4O)cc2)cc1. The number of rotatable bonds is 11. The molecule has 0 aliphatic rings. The smallest absolute Gasteiger partial charge is 0.343 e. The van der Waals surface area contributed by atoms with Gasteiger partial charge in [-0.25, -0.2) is 4.79 Å². The molecular formula is C27H29N3O4. The van der Waals surface area contributed by atoms with Crippen LogP contribution in [0, 0.1) is 0 Å². The lowest BCUT2D eigenvalue weighted by Crippen LogP contribution is -2.08. The Hall–Kier alpha value is -3.87. The quantitative estimate of drug-likeness (QED) is 0.123. The summed E-state index contributed by atoms with van der Waals surface area (Å²) >= 11 is 0. The molecule has 7 heteroatoms. The summed E-state index contributed by atoms with van der Waals surface area (Å²) in [6, 6.07) is 20.1. The van der Waals surface area contributed by atoms with Gasteiger partial charge in [-0.1, -0.05) is 74.2 Å². The van der Waals surface area contributed by atoms with Crippen LogP contribution >= 0.6 is 0 Å². The number of hydrogen-bond donors (Lipinski definition) is 1. The van der Waals surface area contributed by atoms with E-state index in [1.165, 1.54) is 32.1 Å². The van der Waals surface area contributed by atoms with Crippen LogP contribution in [0.25, 0.3) is 22.2 Å². The standard InChI is InChI=1S/C27H29N3O4/c1-2-3-4-5-6-7-19-33-23-17-15-21(16-18-23)20-11-13-22(14-12-20)27(31)34-25-10-8-9-24-26(25)28-29-30(24)32/h8-18,32H,2-7,19H2,1H3. The molecular weight excluding hydrogens is 430 g/mol. The van der Waals surface area contributed by atoms with Crippen molar-refractivity contribution in [2.24, 2.45) is 0 Å². The second-order valence-corrected chi connectivity index (χ2v) is 8.21. The predicted molar refractivity (Wildman–Crippen MR) is 130 cm³/mol. The maximum atomic E-state index is 12.6. The minimum atomic E-state index is -0.509. The molecule has 0 aliphatic heterocycles. The summed E-state index contributed by atoms with van der Waals surface area (Å²) in [5.41, 5.74) is 3.12. The van der Waals surface area contributed by atoms with Crippen molar-refractivity contribution in [3.8, 4) is 22.6 Å². The van der Waals surface area contributed by atoms with Crippen molar-refractivity contribution >= 4 is 17.0 Å². The Kier molecular flexibility index (Phi) is 7.75. The minimum absolute atomic E-state index is 0.239. The van der Waals surface area contributed by atoms with E-state index >= 15 is 0 Å². The number of carbonyl (C=O) groups is 1. The average Bonchev–Trinajstić information content (AvgIpc) is 3.26. The fourth-order valence-electron chi connectivity index (χ4n) is 3.76. The Labute approximate surface area is 198 Å². The molecule has 34 heavy (non-hydrogen) atoms. The Bertz CT molecular complexity index is 1220. The maximum absolute atomic E-state index is 12.6. The average molecular weight is 460 g/mol. The summed E-state index contributed by atoms with van der Waals surface area (Å²) in [5.74, 6) is 0.597. The summed E-state index contributed by atoms with van der Waals surface area (Å²) in [6.07, 6.45) is 7.46.